The minimum absolute atomic E-state index is 0.630. The first-order valence-corrected chi connectivity index (χ1v) is 7.09. The molecule has 0 unspecified atom stereocenters. The van der Waals surface area contributed by atoms with E-state index in [2.05, 4.69) is 22.0 Å². The van der Waals surface area contributed by atoms with Gasteiger partial charge in [-0.3, -0.25) is 4.79 Å². The van der Waals surface area contributed by atoms with Crippen LogP contribution in [0.4, 0.5) is 0 Å². The van der Waals surface area contributed by atoms with Gasteiger partial charge in [0.1, 0.15) is 6.07 Å². The van der Waals surface area contributed by atoms with Crippen LogP contribution >= 0.6 is 27.3 Å². The average molecular weight is 320 g/mol. The van der Waals surface area contributed by atoms with Gasteiger partial charge in [-0.1, -0.05) is 35.0 Å². The number of carbonyl (C=O) groups is 1. The Balaban J connectivity index is 2.69. The molecule has 0 atom stereocenters. The monoisotopic (exact) mass is 319 g/mol. The smallest absolute Gasteiger partial charge is 0.160 e. The van der Waals surface area contributed by atoms with E-state index in [1.807, 2.05) is 31.2 Å². The normalized spacial score (nSPS) is 10.1. The molecule has 0 spiro atoms. The highest BCUT2D eigenvalue weighted by molar-refractivity contribution is 9.10. The van der Waals surface area contributed by atoms with E-state index in [4.69, 9.17) is 0 Å². The van der Waals surface area contributed by atoms with Crippen LogP contribution in [0.3, 0.4) is 0 Å². The second-order valence-corrected chi connectivity index (χ2v) is 5.78. The van der Waals surface area contributed by atoms with Crippen LogP contribution in [0.15, 0.2) is 28.7 Å². The van der Waals surface area contributed by atoms with Crippen LogP contribution in [0.25, 0.3) is 11.1 Å². The third-order valence-electron chi connectivity index (χ3n) is 2.68. The van der Waals surface area contributed by atoms with E-state index in [0.29, 0.717) is 10.4 Å². The number of nitrogens with zero attached hydrogens (tertiary/aromatic N) is 1. The van der Waals surface area contributed by atoms with Crippen molar-refractivity contribution in [3.63, 3.8) is 0 Å². The molecule has 1 aromatic heterocycles. The maximum Gasteiger partial charge on any atom is 0.160 e. The summed E-state index contributed by atoms with van der Waals surface area (Å²) in [6, 6.07) is 9.88. The fourth-order valence-electron chi connectivity index (χ4n) is 1.85. The predicted molar refractivity (Wildman–Crippen MR) is 76.9 cm³/mol. The second kappa shape index (κ2) is 5.47. The third kappa shape index (κ3) is 2.24. The first kappa shape index (κ1) is 13.0. The summed E-state index contributed by atoms with van der Waals surface area (Å²) in [6.45, 7) is 1.99. The fraction of sp³-hybridized carbons (Fsp3) is 0.143. The molecule has 1 heterocycles. The van der Waals surface area contributed by atoms with Gasteiger partial charge in [-0.05, 0) is 24.1 Å². The van der Waals surface area contributed by atoms with Crippen molar-refractivity contribution in [3.8, 4) is 17.2 Å². The molecular weight excluding hydrogens is 310 g/mol. The molecule has 0 bridgehead atoms. The number of aldehydes is 1. The van der Waals surface area contributed by atoms with Gasteiger partial charge in [-0.15, -0.1) is 11.3 Å². The van der Waals surface area contributed by atoms with Crippen LogP contribution in [-0.4, -0.2) is 6.29 Å². The summed E-state index contributed by atoms with van der Waals surface area (Å²) in [6.07, 6.45) is 1.60. The number of benzene rings is 1. The lowest BCUT2D eigenvalue weighted by molar-refractivity contribution is 0.112. The topological polar surface area (TPSA) is 40.9 Å². The average Bonchev–Trinajstić information content (AvgIpc) is 2.77. The number of halogens is 1. The number of aryl methyl sites for hydroxylation is 1. The van der Waals surface area contributed by atoms with E-state index in [9.17, 15) is 10.1 Å². The SMILES string of the molecule is CCc1sc(C=O)c(-c2ccc(Br)cc2)c1C#N. The summed E-state index contributed by atoms with van der Waals surface area (Å²) in [5, 5.41) is 9.29. The molecule has 0 aliphatic carbocycles. The highest BCUT2D eigenvalue weighted by Crippen LogP contribution is 2.36. The second-order valence-electron chi connectivity index (χ2n) is 3.73. The summed E-state index contributed by atoms with van der Waals surface area (Å²) in [5.74, 6) is 0. The first-order chi connectivity index (χ1) is 8.71. The van der Waals surface area contributed by atoms with E-state index in [1.54, 1.807) is 0 Å². The van der Waals surface area contributed by atoms with Gasteiger partial charge >= 0.3 is 0 Å². The fourth-order valence-corrected chi connectivity index (χ4v) is 3.14. The van der Waals surface area contributed by atoms with Gasteiger partial charge in [-0.2, -0.15) is 5.26 Å². The van der Waals surface area contributed by atoms with Crippen molar-refractivity contribution >= 4 is 33.6 Å². The third-order valence-corrected chi connectivity index (χ3v) is 4.47. The van der Waals surface area contributed by atoms with Crippen LogP contribution in [-0.2, 0) is 6.42 Å². The summed E-state index contributed by atoms with van der Waals surface area (Å²) in [5.41, 5.74) is 2.31. The lowest BCUT2D eigenvalue weighted by atomic mass is 10.0. The summed E-state index contributed by atoms with van der Waals surface area (Å²) < 4.78 is 0.975. The molecule has 2 rings (SSSR count). The molecule has 0 saturated carbocycles. The molecule has 0 N–H and O–H groups in total. The predicted octanol–water partition coefficient (Wildman–Crippen LogP) is 4.42. The van der Waals surface area contributed by atoms with Gasteiger partial charge < -0.3 is 0 Å². The van der Waals surface area contributed by atoms with E-state index in [1.165, 1.54) is 11.3 Å². The number of hydrogen-bond acceptors (Lipinski definition) is 3. The maximum atomic E-state index is 11.2. The number of nitriles is 1. The van der Waals surface area contributed by atoms with Crippen LogP contribution in [0, 0.1) is 11.3 Å². The van der Waals surface area contributed by atoms with Crippen molar-refractivity contribution < 1.29 is 4.79 Å². The summed E-state index contributed by atoms with van der Waals surface area (Å²) >= 11 is 4.78. The van der Waals surface area contributed by atoms with Gasteiger partial charge in [0.2, 0.25) is 0 Å². The molecule has 18 heavy (non-hydrogen) atoms. The van der Waals surface area contributed by atoms with Crippen molar-refractivity contribution in [2.45, 2.75) is 13.3 Å². The van der Waals surface area contributed by atoms with Crippen LogP contribution in [0.5, 0.6) is 0 Å². The molecule has 0 aliphatic rings. The standard InChI is InChI=1S/C14H10BrNOS/c1-2-12-11(7-16)14(13(8-17)18-12)9-3-5-10(15)6-4-9/h3-6,8H,2H2,1H3. The van der Waals surface area contributed by atoms with Crippen LogP contribution in [0.2, 0.25) is 0 Å². The molecule has 0 saturated heterocycles. The minimum Gasteiger partial charge on any atom is -0.297 e. The molecule has 0 aliphatic heterocycles. The van der Waals surface area contributed by atoms with Crippen molar-refractivity contribution in [3.05, 3.63) is 44.1 Å². The molecule has 4 heteroatoms. The first-order valence-electron chi connectivity index (χ1n) is 5.48. The highest BCUT2D eigenvalue weighted by atomic mass is 79.9. The number of hydrogen-bond donors (Lipinski definition) is 0. The maximum absolute atomic E-state index is 11.2. The molecular formula is C14H10BrNOS. The van der Waals surface area contributed by atoms with Gasteiger partial charge in [0, 0.05) is 14.9 Å². The van der Waals surface area contributed by atoms with E-state index in [0.717, 1.165) is 33.2 Å². The van der Waals surface area contributed by atoms with Crippen molar-refractivity contribution in [1.29, 1.82) is 5.26 Å². The van der Waals surface area contributed by atoms with E-state index >= 15 is 0 Å². The largest absolute Gasteiger partial charge is 0.297 e. The lowest BCUT2D eigenvalue weighted by Crippen LogP contribution is -1.86. The van der Waals surface area contributed by atoms with Crippen LogP contribution < -0.4 is 0 Å². The molecule has 0 amide bonds. The molecule has 90 valence electrons. The molecule has 2 aromatic rings. The van der Waals surface area contributed by atoms with Gasteiger partial charge in [0.05, 0.1) is 10.4 Å². The Morgan fingerprint density at radius 2 is 2.06 bits per heavy atom. The highest BCUT2D eigenvalue weighted by Gasteiger charge is 2.17. The van der Waals surface area contributed by atoms with E-state index < -0.39 is 0 Å². The minimum atomic E-state index is 0.630. The van der Waals surface area contributed by atoms with Crippen molar-refractivity contribution in [2.75, 3.05) is 0 Å². The Morgan fingerprint density at radius 1 is 1.39 bits per heavy atom. The Bertz CT molecular complexity index is 622. The van der Waals surface area contributed by atoms with E-state index in [-0.39, 0.29) is 0 Å². The Hall–Kier alpha value is -1.44. The Kier molecular flexibility index (Phi) is 3.95. The molecule has 0 fully saturated rings. The molecule has 0 radical (unpaired) electrons. The quantitative estimate of drug-likeness (QED) is 0.785. The van der Waals surface area contributed by atoms with Crippen LogP contribution in [0.1, 0.15) is 27.0 Å². The Labute approximate surface area is 118 Å². The molecule has 1 aromatic carbocycles. The number of thiophene rings is 1. The summed E-state index contributed by atoms with van der Waals surface area (Å²) in [7, 11) is 0. The summed E-state index contributed by atoms with van der Waals surface area (Å²) in [4.78, 5) is 12.8. The van der Waals surface area contributed by atoms with Crippen molar-refractivity contribution in [2.24, 2.45) is 0 Å². The zero-order chi connectivity index (χ0) is 13.1. The lowest BCUT2D eigenvalue weighted by Gasteiger charge is -2.01. The molecule has 2 nitrogen and oxygen atoms in total. The van der Waals surface area contributed by atoms with Gasteiger partial charge in [0.25, 0.3) is 0 Å². The van der Waals surface area contributed by atoms with Crippen molar-refractivity contribution in [1.82, 2.24) is 0 Å². The number of rotatable bonds is 3. The zero-order valence-electron chi connectivity index (χ0n) is 9.74. The number of carbonyl (C=O) groups excluding carboxylic acids is 1. The Morgan fingerprint density at radius 3 is 2.56 bits per heavy atom. The zero-order valence-corrected chi connectivity index (χ0v) is 12.1. The van der Waals surface area contributed by atoms with Gasteiger partial charge in [-0.25, -0.2) is 0 Å². The van der Waals surface area contributed by atoms with Gasteiger partial charge in [0.15, 0.2) is 6.29 Å².